The van der Waals surface area contributed by atoms with Crippen LogP contribution in [0.3, 0.4) is 0 Å². The van der Waals surface area contributed by atoms with Gasteiger partial charge in [0, 0.05) is 16.6 Å². The first kappa shape index (κ1) is 13.7. The molecule has 0 spiro atoms. The van der Waals surface area contributed by atoms with Gasteiger partial charge in [-0.2, -0.15) is 0 Å². The average molecular weight is 264 g/mol. The van der Waals surface area contributed by atoms with Crippen molar-refractivity contribution in [2.24, 2.45) is 0 Å². The highest BCUT2D eigenvalue weighted by molar-refractivity contribution is 6.35. The minimum atomic E-state index is -0.708. The van der Waals surface area contributed by atoms with Gasteiger partial charge < -0.3 is 15.5 Å². The standard InChI is InChI=1S/C11H15Cl2NO2/c12-9-2-1-8(11(13)5-9)3-4-14-6-10(16)7-15/h1-2,5,10,14-16H,3-4,6-7H2/t10-/m0/s1. The number of hydrogen-bond donors (Lipinski definition) is 3. The summed E-state index contributed by atoms with van der Waals surface area (Å²) >= 11 is 11.8. The fourth-order valence-corrected chi connectivity index (χ4v) is 1.78. The van der Waals surface area contributed by atoms with Crippen LogP contribution in [-0.2, 0) is 6.42 Å². The van der Waals surface area contributed by atoms with E-state index in [1.54, 1.807) is 12.1 Å². The third kappa shape index (κ3) is 4.68. The molecule has 0 saturated carbocycles. The molecule has 0 unspecified atom stereocenters. The van der Waals surface area contributed by atoms with Crippen molar-refractivity contribution >= 4 is 23.2 Å². The summed E-state index contributed by atoms with van der Waals surface area (Å²) in [6.07, 6.45) is 0.0504. The zero-order chi connectivity index (χ0) is 12.0. The normalized spacial score (nSPS) is 12.8. The number of hydrogen-bond acceptors (Lipinski definition) is 3. The molecular formula is C11H15Cl2NO2. The molecule has 5 heteroatoms. The van der Waals surface area contributed by atoms with Crippen molar-refractivity contribution in [1.29, 1.82) is 0 Å². The maximum atomic E-state index is 9.09. The Kier molecular flexibility index (Phi) is 6.09. The van der Waals surface area contributed by atoms with Gasteiger partial charge >= 0.3 is 0 Å². The lowest BCUT2D eigenvalue weighted by atomic mass is 10.1. The predicted octanol–water partition coefficient (Wildman–Crippen LogP) is 1.48. The molecule has 0 fully saturated rings. The second kappa shape index (κ2) is 7.09. The Hall–Kier alpha value is -0.320. The van der Waals surface area contributed by atoms with Crippen LogP contribution in [0.1, 0.15) is 5.56 Å². The largest absolute Gasteiger partial charge is 0.394 e. The Morgan fingerprint density at radius 3 is 2.69 bits per heavy atom. The van der Waals surface area contributed by atoms with Crippen LogP contribution in [0.4, 0.5) is 0 Å². The highest BCUT2D eigenvalue weighted by Crippen LogP contribution is 2.20. The smallest absolute Gasteiger partial charge is 0.0894 e. The molecule has 1 aromatic carbocycles. The topological polar surface area (TPSA) is 52.5 Å². The second-order valence-electron chi connectivity index (χ2n) is 3.53. The van der Waals surface area contributed by atoms with E-state index in [1.165, 1.54) is 0 Å². The van der Waals surface area contributed by atoms with Crippen molar-refractivity contribution in [3.63, 3.8) is 0 Å². The Morgan fingerprint density at radius 2 is 2.06 bits per heavy atom. The number of nitrogens with one attached hydrogen (secondary N) is 1. The molecular weight excluding hydrogens is 249 g/mol. The van der Waals surface area contributed by atoms with Crippen molar-refractivity contribution in [3.8, 4) is 0 Å². The van der Waals surface area contributed by atoms with Gasteiger partial charge in [0.1, 0.15) is 0 Å². The molecule has 16 heavy (non-hydrogen) atoms. The third-order valence-corrected chi connectivity index (χ3v) is 2.76. The molecule has 1 atom stereocenters. The Bertz CT molecular complexity index is 334. The molecule has 90 valence electrons. The van der Waals surface area contributed by atoms with Gasteiger partial charge in [0.25, 0.3) is 0 Å². The monoisotopic (exact) mass is 263 g/mol. The first-order chi connectivity index (χ1) is 7.63. The number of rotatable bonds is 6. The highest BCUT2D eigenvalue weighted by Gasteiger charge is 2.03. The average Bonchev–Trinajstić information content (AvgIpc) is 2.26. The van der Waals surface area contributed by atoms with E-state index in [0.29, 0.717) is 23.1 Å². The highest BCUT2D eigenvalue weighted by atomic mass is 35.5. The zero-order valence-corrected chi connectivity index (χ0v) is 10.3. The molecule has 0 bridgehead atoms. The van der Waals surface area contributed by atoms with Gasteiger partial charge in [-0.15, -0.1) is 0 Å². The lowest BCUT2D eigenvalue weighted by Gasteiger charge is -2.09. The van der Waals surface area contributed by atoms with Crippen LogP contribution < -0.4 is 5.32 Å². The Labute approximate surface area is 105 Å². The van der Waals surface area contributed by atoms with Crippen LogP contribution >= 0.6 is 23.2 Å². The van der Waals surface area contributed by atoms with E-state index < -0.39 is 6.10 Å². The minimum Gasteiger partial charge on any atom is -0.394 e. The summed E-state index contributed by atoms with van der Waals surface area (Å²) in [5, 5.41) is 22.0. The SMILES string of the molecule is OC[C@@H](O)CNCCc1ccc(Cl)cc1Cl. The first-order valence-corrected chi connectivity index (χ1v) is 5.82. The van der Waals surface area contributed by atoms with Gasteiger partial charge in [-0.25, -0.2) is 0 Å². The molecule has 0 aliphatic carbocycles. The number of aliphatic hydroxyl groups is 2. The maximum absolute atomic E-state index is 9.09. The Morgan fingerprint density at radius 1 is 1.31 bits per heavy atom. The van der Waals surface area contributed by atoms with Crippen LogP contribution in [0.15, 0.2) is 18.2 Å². The molecule has 1 aromatic rings. The Balaban J connectivity index is 2.32. The van der Waals surface area contributed by atoms with Crippen molar-refractivity contribution in [1.82, 2.24) is 5.32 Å². The van der Waals surface area contributed by atoms with E-state index >= 15 is 0 Å². The van der Waals surface area contributed by atoms with Crippen molar-refractivity contribution in [3.05, 3.63) is 33.8 Å². The van der Waals surface area contributed by atoms with E-state index in [2.05, 4.69) is 5.32 Å². The molecule has 0 heterocycles. The van der Waals surface area contributed by atoms with Crippen LogP contribution in [-0.4, -0.2) is 36.0 Å². The molecule has 0 amide bonds. The van der Waals surface area contributed by atoms with Crippen molar-refractivity contribution in [2.45, 2.75) is 12.5 Å². The van der Waals surface area contributed by atoms with Gasteiger partial charge in [-0.05, 0) is 30.7 Å². The summed E-state index contributed by atoms with van der Waals surface area (Å²) in [5.74, 6) is 0. The van der Waals surface area contributed by atoms with Crippen LogP contribution in [0.2, 0.25) is 10.0 Å². The quantitative estimate of drug-likeness (QED) is 0.682. The minimum absolute atomic E-state index is 0.227. The summed E-state index contributed by atoms with van der Waals surface area (Å²) in [4.78, 5) is 0. The van der Waals surface area contributed by atoms with E-state index in [9.17, 15) is 0 Å². The lowest BCUT2D eigenvalue weighted by molar-refractivity contribution is 0.0947. The van der Waals surface area contributed by atoms with Crippen LogP contribution in [0.5, 0.6) is 0 Å². The molecule has 0 aliphatic rings. The fraction of sp³-hybridized carbons (Fsp3) is 0.455. The molecule has 3 N–H and O–H groups in total. The van der Waals surface area contributed by atoms with E-state index in [4.69, 9.17) is 33.4 Å². The van der Waals surface area contributed by atoms with E-state index in [0.717, 1.165) is 12.0 Å². The number of aliphatic hydroxyl groups excluding tert-OH is 2. The summed E-state index contributed by atoms with van der Waals surface area (Å²) in [7, 11) is 0. The molecule has 0 radical (unpaired) electrons. The first-order valence-electron chi connectivity index (χ1n) is 5.07. The fourth-order valence-electron chi connectivity index (χ4n) is 1.28. The van der Waals surface area contributed by atoms with Crippen LogP contribution in [0.25, 0.3) is 0 Å². The van der Waals surface area contributed by atoms with Crippen molar-refractivity contribution < 1.29 is 10.2 Å². The van der Waals surface area contributed by atoms with E-state index in [-0.39, 0.29) is 6.61 Å². The lowest BCUT2D eigenvalue weighted by Crippen LogP contribution is -2.30. The molecule has 3 nitrogen and oxygen atoms in total. The van der Waals surface area contributed by atoms with Gasteiger partial charge in [-0.3, -0.25) is 0 Å². The van der Waals surface area contributed by atoms with Gasteiger partial charge in [-0.1, -0.05) is 29.3 Å². The zero-order valence-electron chi connectivity index (χ0n) is 8.79. The van der Waals surface area contributed by atoms with Gasteiger partial charge in [0.2, 0.25) is 0 Å². The summed E-state index contributed by atoms with van der Waals surface area (Å²) < 4.78 is 0. The summed E-state index contributed by atoms with van der Waals surface area (Å²) in [6.45, 7) is 0.842. The molecule has 1 rings (SSSR count). The maximum Gasteiger partial charge on any atom is 0.0894 e. The number of halogens is 2. The second-order valence-corrected chi connectivity index (χ2v) is 4.37. The molecule has 0 aromatic heterocycles. The van der Waals surface area contributed by atoms with Crippen LogP contribution in [0, 0.1) is 0 Å². The van der Waals surface area contributed by atoms with Crippen molar-refractivity contribution in [2.75, 3.05) is 19.7 Å². The van der Waals surface area contributed by atoms with E-state index in [1.807, 2.05) is 6.07 Å². The summed E-state index contributed by atoms with van der Waals surface area (Å²) in [5.41, 5.74) is 1.01. The predicted molar refractivity (Wildman–Crippen MR) is 66.1 cm³/mol. The summed E-state index contributed by atoms with van der Waals surface area (Å²) in [6, 6.07) is 5.39. The van der Waals surface area contributed by atoms with Gasteiger partial charge in [0.15, 0.2) is 0 Å². The molecule has 0 aliphatic heterocycles. The number of benzene rings is 1. The molecule has 0 saturated heterocycles. The van der Waals surface area contributed by atoms with Gasteiger partial charge in [0.05, 0.1) is 12.7 Å². The third-order valence-electron chi connectivity index (χ3n) is 2.18.